The zero-order valence-corrected chi connectivity index (χ0v) is 7.78. The van der Waals surface area contributed by atoms with Crippen LogP contribution in [0.15, 0.2) is 18.2 Å². The molecule has 8 nitrogen and oxygen atoms in total. The van der Waals surface area contributed by atoms with Crippen molar-refractivity contribution in [1.82, 2.24) is 0 Å². The molecule has 0 N–H and O–H groups in total. The first kappa shape index (κ1) is 11.6. The lowest BCUT2D eigenvalue weighted by Gasteiger charge is -1.99. The fraction of sp³-hybridized carbons (Fsp3) is 0.125. The molecule has 83 valence electrons. The van der Waals surface area contributed by atoms with Gasteiger partial charge < -0.3 is 4.74 Å². The lowest BCUT2D eigenvalue weighted by Crippen LogP contribution is -1.97. The van der Waals surface area contributed by atoms with Crippen molar-refractivity contribution in [3.63, 3.8) is 0 Å². The largest absolute Gasteiger partial charge is 0.452 e. The van der Waals surface area contributed by atoms with Crippen LogP contribution in [-0.2, 0) is 16.1 Å². The summed E-state index contributed by atoms with van der Waals surface area (Å²) in [6.45, 7) is 0.824. The van der Waals surface area contributed by atoms with Crippen LogP contribution in [-0.4, -0.2) is 16.3 Å². The fourth-order valence-electron chi connectivity index (χ4n) is 1.06. The number of rotatable bonds is 5. The van der Waals surface area contributed by atoms with Gasteiger partial charge in [-0.25, -0.2) is 4.79 Å². The van der Waals surface area contributed by atoms with E-state index < -0.39 is 21.2 Å². The highest BCUT2D eigenvalue weighted by atomic mass is 16.6. The summed E-state index contributed by atoms with van der Waals surface area (Å²) in [7, 11) is 0. The minimum absolute atomic E-state index is 0.157. The normalized spacial score (nSPS) is 9.50. The number of nitrogens with zero attached hydrogens (tertiary/aromatic N) is 2. The molecule has 0 aliphatic heterocycles. The molecule has 0 aliphatic rings. The topological polar surface area (TPSA) is 113 Å². The average Bonchev–Trinajstić information content (AvgIpc) is 2.25. The second-order valence-electron chi connectivity index (χ2n) is 2.74. The highest BCUT2D eigenvalue weighted by molar-refractivity contribution is 5.47. The summed E-state index contributed by atoms with van der Waals surface area (Å²) in [6.07, 6.45) is 0. The molecular formula is C8H5N2O6. The quantitative estimate of drug-likeness (QED) is 0.547. The maximum Gasteiger partial charge on any atom is 0.417 e. The molecule has 0 saturated heterocycles. The molecule has 1 radical (unpaired) electrons. The van der Waals surface area contributed by atoms with Crippen LogP contribution in [0.4, 0.5) is 11.4 Å². The molecule has 0 atom stereocenters. The van der Waals surface area contributed by atoms with Crippen LogP contribution < -0.4 is 0 Å². The Balaban J connectivity index is 3.13. The molecule has 16 heavy (non-hydrogen) atoms. The van der Waals surface area contributed by atoms with Gasteiger partial charge in [0.15, 0.2) is 0 Å². The fourth-order valence-corrected chi connectivity index (χ4v) is 1.06. The molecule has 1 rings (SSSR count). The molecule has 8 heteroatoms. The van der Waals surface area contributed by atoms with Crippen molar-refractivity contribution in [1.29, 1.82) is 0 Å². The van der Waals surface area contributed by atoms with Crippen LogP contribution >= 0.6 is 0 Å². The van der Waals surface area contributed by atoms with E-state index in [1.165, 1.54) is 0 Å². The van der Waals surface area contributed by atoms with Gasteiger partial charge in [0.2, 0.25) is 0 Å². The second-order valence-corrected chi connectivity index (χ2v) is 2.74. The van der Waals surface area contributed by atoms with E-state index in [9.17, 15) is 25.0 Å². The van der Waals surface area contributed by atoms with Crippen molar-refractivity contribution in [2.24, 2.45) is 0 Å². The predicted molar refractivity (Wildman–Crippen MR) is 50.2 cm³/mol. The van der Waals surface area contributed by atoms with Gasteiger partial charge in [0.1, 0.15) is 6.61 Å². The van der Waals surface area contributed by atoms with Crippen LogP contribution in [0.1, 0.15) is 5.56 Å². The van der Waals surface area contributed by atoms with E-state index in [0.717, 1.165) is 24.7 Å². The number of hydrogen-bond donors (Lipinski definition) is 0. The number of carbonyl (C=O) groups excluding carboxylic acids is 1. The molecular weight excluding hydrogens is 220 g/mol. The second kappa shape index (κ2) is 4.82. The Morgan fingerprint density at radius 3 is 2.00 bits per heavy atom. The molecule has 0 fully saturated rings. The van der Waals surface area contributed by atoms with Gasteiger partial charge in [0.05, 0.1) is 15.9 Å². The number of non-ortho nitro benzene ring substituents is 2. The molecule has 1 aromatic rings. The van der Waals surface area contributed by atoms with Gasteiger partial charge in [-0.1, -0.05) is 0 Å². The highest BCUT2D eigenvalue weighted by Crippen LogP contribution is 2.22. The van der Waals surface area contributed by atoms with Crippen LogP contribution in [0.2, 0.25) is 0 Å². The van der Waals surface area contributed by atoms with Crippen molar-refractivity contribution in [3.8, 4) is 0 Å². The number of nitro benzene ring substituents is 2. The van der Waals surface area contributed by atoms with Crippen LogP contribution in [0.25, 0.3) is 0 Å². The maximum absolute atomic E-state index is 10.5. The highest BCUT2D eigenvalue weighted by Gasteiger charge is 2.16. The Kier molecular flexibility index (Phi) is 3.49. The summed E-state index contributed by atoms with van der Waals surface area (Å²) in [4.78, 5) is 29.2. The Hall–Kier alpha value is -2.51. The summed E-state index contributed by atoms with van der Waals surface area (Å²) in [5, 5.41) is 20.9. The first-order chi connectivity index (χ1) is 7.54. The van der Waals surface area contributed by atoms with Gasteiger partial charge in [-0.05, 0) is 0 Å². The molecule has 1 aromatic carbocycles. The lowest BCUT2D eigenvalue weighted by atomic mass is 10.2. The van der Waals surface area contributed by atoms with E-state index in [1.807, 2.05) is 0 Å². The minimum atomic E-state index is -0.763. The van der Waals surface area contributed by atoms with E-state index in [4.69, 9.17) is 0 Å². The average molecular weight is 225 g/mol. The van der Waals surface area contributed by atoms with E-state index in [2.05, 4.69) is 4.74 Å². The smallest absolute Gasteiger partial charge is 0.417 e. The van der Waals surface area contributed by atoms with Gasteiger partial charge in [-0.15, -0.1) is 0 Å². The molecule has 0 unspecified atom stereocenters. The van der Waals surface area contributed by atoms with Gasteiger partial charge in [0.25, 0.3) is 11.4 Å². The standard InChI is InChI=1S/C8H5N2O6/c11-5-16-4-6-1-7(9(12)13)3-8(2-6)10(14)15/h1-3H,4H2. The van der Waals surface area contributed by atoms with Crippen LogP contribution in [0.3, 0.4) is 0 Å². The maximum atomic E-state index is 10.5. The first-order valence-electron chi connectivity index (χ1n) is 3.96. The van der Waals surface area contributed by atoms with Gasteiger partial charge in [-0.2, -0.15) is 0 Å². The summed E-state index contributed by atoms with van der Waals surface area (Å²) >= 11 is 0. The number of nitro groups is 2. The van der Waals surface area contributed by atoms with E-state index >= 15 is 0 Å². The van der Waals surface area contributed by atoms with E-state index in [1.54, 1.807) is 0 Å². The van der Waals surface area contributed by atoms with Gasteiger partial charge >= 0.3 is 6.47 Å². The van der Waals surface area contributed by atoms with Gasteiger partial charge in [0, 0.05) is 17.7 Å². The van der Waals surface area contributed by atoms with Crippen LogP contribution in [0.5, 0.6) is 0 Å². The van der Waals surface area contributed by atoms with Crippen molar-refractivity contribution in [2.45, 2.75) is 6.61 Å². The van der Waals surface area contributed by atoms with Crippen LogP contribution in [0, 0.1) is 20.2 Å². The predicted octanol–water partition coefficient (Wildman–Crippen LogP) is 1.09. The molecule has 0 saturated carbocycles. The minimum Gasteiger partial charge on any atom is -0.452 e. The Labute approximate surface area is 88.7 Å². The number of ether oxygens (including phenoxy) is 1. The van der Waals surface area contributed by atoms with Crippen molar-refractivity contribution < 1.29 is 19.4 Å². The monoisotopic (exact) mass is 225 g/mol. The summed E-state index contributed by atoms with van der Waals surface area (Å²) < 4.78 is 4.24. The molecule has 0 bridgehead atoms. The number of hydrogen-bond acceptors (Lipinski definition) is 6. The summed E-state index contributed by atoms with van der Waals surface area (Å²) in [6, 6.07) is 3.00. The third kappa shape index (κ3) is 2.74. The number of benzene rings is 1. The summed E-state index contributed by atoms with van der Waals surface area (Å²) in [5.74, 6) is 0. The lowest BCUT2D eigenvalue weighted by molar-refractivity contribution is -0.394. The zero-order chi connectivity index (χ0) is 12.1. The SMILES string of the molecule is O=[C]OCc1cc([N+](=O)[O-])cc([N+](=O)[O-])c1. The van der Waals surface area contributed by atoms with Crippen molar-refractivity contribution in [2.75, 3.05) is 0 Å². The molecule has 0 spiro atoms. The molecule has 0 aromatic heterocycles. The summed E-state index contributed by atoms with van der Waals surface area (Å²) in [5.41, 5.74) is -0.707. The molecule has 0 aliphatic carbocycles. The Bertz CT molecular complexity index is 412. The third-order valence-corrected chi connectivity index (χ3v) is 1.68. The van der Waals surface area contributed by atoms with Crippen molar-refractivity contribution >= 4 is 17.8 Å². The van der Waals surface area contributed by atoms with Gasteiger partial charge in [-0.3, -0.25) is 20.2 Å². The van der Waals surface area contributed by atoms with Crippen molar-refractivity contribution in [3.05, 3.63) is 44.0 Å². The van der Waals surface area contributed by atoms with E-state index in [-0.39, 0.29) is 12.2 Å². The molecule has 0 heterocycles. The Morgan fingerprint density at radius 2 is 1.62 bits per heavy atom. The first-order valence-corrected chi connectivity index (χ1v) is 3.96. The Morgan fingerprint density at radius 1 is 1.12 bits per heavy atom. The third-order valence-electron chi connectivity index (χ3n) is 1.68. The molecule has 0 amide bonds. The zero-order valence-electron chi connectivity index (χ0n) is 7.78. The van der Waals surface area contributed by atoms with E-state index in [0.29, 0.717) is 0 Å².